The van der Waals surface area contributed by atoms with Crippen molar-refractivity contribution in [2.75, 3.05) is 5.32 Å². The number of aromatic nitrogens is 2. The zero-order chi connectivity index (χ0) is 17.7. The van der Waals surface area contributed by atoms with Gasteiger partial charge in [-0.1, -0.05) is 45.9 Å². The number of aryl methyl sites for hydroxylation is 1. The van der Waals surface area contributed by atoms with Crippen LogP contribution in [0.15, 0.2) is 30.5 Å². The summed E-state index contributed by atoms with van der Waals surface area (Å²) in [7, 11) is 0. The van der Waals surface area contributed by atoms with Crippen molar-refractivity contribution >= 4 is 11.7 Å². The van der Waals surface area contributed by atoms with E-state index in [1.807, 2.05) is 6.92 Å². The number of benzene rings is 1. The van der Waals surface area contributed by atoms with Crippen molar-refractivity contribution in [3.63, 3.8) is 0 Å². The highest BCUT2D eigenvalue weighted by molar-refractivity contribution is 5.91. The van der Waals surface area contributed by atoms with Gasteiger partial charge in [0.1, 0.15) is 5.82 Å². The number of rotatable bonds is 5. The van der Waals surface area contributed by atoms with E-state index < -0.39 is 0 Å². The predicted octanol–water partition coefficient (Wildman–Crippen LogP) is 4.35. The molecular formula is C19H26N4O. The lowest BCUT2D eigenvalue weighted by Crippen LogP contribution is -2.29. The number of hydrogen-bond acceptors (Lipinski definition) is 3. The monoisotopic (exact) mass is 326 g/mol. The average Bonchev–Trinajstić information content (AvgIpc) is 2.52. The highest BCUT2D eigenvalue weighted by atomic mass is 16.2. The minimum Gasteiger partial charge on any atom is -0.332 e. The van der Waals surface area contributed by atoms with Gasteiger partial charge in [0.15, 0.2) is 0 Å². The van der Waals surface area contributed by atoms with Crippen LogP contribution in [0.1, 0.15) is 62.2 Å². The molecule has 0 spiro atoms. The summed E-state index contributed by atoms with van der Waals surface area (Å²) < 4.78 is 0. The summed E-state index contributed by atoms with van der Waals surface area (Å²) in [6.07, 6.45) is 1.70. The fourth-order valence-electron chi connectivity index (χ4n) is 2.63. The number of carbonyl (C=O) groups is 1. The predicted molar refractivity (Wildman–Crippen MR) is 97.2 cm³/mol. The Morgan fingerprint density at radius 2 is 1.71 bits per heavy atom. The van der Waals surface area contributed by atoms with Gasteiger partial charge in [-0.05, 0) is 36.0 Å². The first kappa shape index (κ1) is 17.9. The van der Waals surface area contributed by atoms with E-state index in [0.29, 0.717) is 24.2 Å². The fraction of sp³-hybridized carbons (Fsp3) is 0.421. The second-order valence-electron chi connectivity index (χ2n) is 6.52. The van der Waals surface area contributed by atoms with Gasteiger partial charge in [0.05, 0.1) is 12.2 Å². The van der Waals surface area contributed by atoms with Crippen LogP contribution in [-0.4, -0.2) is 16.0 Å². The number of para-hydroxylation sites is 1. The summed E-state index contributed by atoms with van der Waals surface area (Å²) >= 11 is 0. The normalized spacial score (nSPS) is 11.0. The quantitative estimate of drug-likeness (QED) is 0.858. The Morgan fingerprint density at radius 1 is 1.08 bits per heavy atom. The van der Waals surface area contributed by atoms with Gasteiger partial charge < -0.3 is 10.6 Å². The third-order valence-electron chi connectivity index (χ3n) is 3.88. The smallest absolute Gasteiger partial charge is 0.319 e. The molecule has 1 heterocycles. The Bertz CT molecular complexity index is 684. The van der Waals surface area contributed by atoms with Gasteiger partial charge in [0.25, 0.3) is 0 Å². The van der Waals surface area contributed by atoms with E-state index in [0.717, 1.165) is 22.5 Å². The van der Waals surface area contributed by atoms with Gasteiger partial charge in [-0.25, -0.2) is 14.8 Å². The number of nitrogens with zero attached hydrogens (tertiary/aromatic N) is 2. The van der Waals surface area contributed by atoms with Crippen LogP contribution in [0, 0.1) is 6.92 Å². The first-order valence-electron chi connectivity index (χ1n) is 8.34. The summed E-state index contributed by atoms with van der Waals surface area (Å²) in [6.45, 7) is 10.7. The summed E-state index contributed by atoms with van der Waals surface area (Å²) in [5, 5.41) is 5.90. The van der Waals surface area contributed by atoms with Crippen LogP contribution in [0.3, 0.4) is 0 Å². The van der Waals surface area contributed by atoms with Crippen LogP contribution in [0.25, 0.3) is 0 Å². The maximum atomic E-state index is 12.4. The molecule has 0 radical (unpaired) electrons. The van der Waals surface area contributed by atoms with Crippen molar-refractivity contribution in [3.05, 3.63) is 53.1 Å². The van der Waals surface area contributed by atoms with Crippen molar-refractivity contribution in [1.29, 1.82) is 0 Å². The van der Waals surface area contributed by atoms with Crippen LogP contribution in [-0.2, 0) is 6.54 Å². The molecule has 2 N–H and O–H groups in total. The SMILES string of the molecule is Cc1nccc(CNC(=O)Nc2c(C(C)C)cccc2C(C)C)n1. The molecule has 0 aliphatic heterocycles. The molecule has 128 valence electrons. The molecule has 5 heteroatoms. The van der Waals surface area contributed by atoms with Gasteiger partial charge in [-0.3, -0.25) is 0 Å². The maximum Gasteiger partial charge on any atom is 0.319 e. The fourth-order valence-corrected chi connectivity index (χ4v) is 2.63. The van der Waals surface area contributed by atoms with Crippen LogP contribution in [0.4, 0.5) is 10.5 Å². The first-order chi connectivity index (χ1) is 11.4. The molecule has 0 aliphatic rings. The number of amides is 2. The number of hydrogen-bond donors (Lipinski definition) is 2. The molecule has 0 unspecified atom stereocenters. The van der Waals surface area contributed by atoms with Crippen molar-refractivity contribution in [1.82, 2.24) is 15.3 Å². The Hall–Kier alpha value is -2.43. The third kappa shape index (κ3) is 4.54. The third-order valence-corrected chi connectivity index (χ3v) is 3.88. The first-order valence-corrected chi connectivity index (χ1v) is 8.34. The van der Waals surface area contributed by atoms with E-state index in [2.05, 4.69) is 66.5 Å². The van der Waals surface area contributed by atoms with Gasteiger partial charge in [0.2, 0.25) is 0 Å². The van der Waals surface area contributed by atoms with Crippen molar-refractivity contribution in [2.24, 2.45) is 0 Å². The molecule has 2 rings (SSSR count). The van der Waals surface area contributed by atoms with E-state index >= 15 is 0 Å². The number of anilines is 1. The van der Waals surface area contributed by atoms with Crippen molar-refractivity contribution < 1.29 is 4.79 Å². The zero-order valence-corrected chi connectivity index (χ0v) is 15.1. The summed E-state index contributed by atoms with van der Waals surface area (Å²) in [4.78, 5) is 20.7. The zero-order valence-electron chi connectivity index (χ0n) is 15.1. The van der Waals surface area contributed by atoms with E-state index in [-0.39, 0.29) is 6.03 Å². The minimum atomic E-state index is -0.221. The molecule has 1 aromatic heterocycles. The molecule has 0 saturated heterocycles. The van der Waals surface area contributed by atoms with Crippen LogP contribution in [0.5, 0.6) is 0 Å². The molecule has 0 atom stereocenters. The van der Waals surface area contributed by atoms with E-state index in [4.69, 9.17) is 0 Å². The highest BCUT2D eigenvalue weighted by Gasteiger charge is 2.15. The Morgan fingerprint density at radius 3 is 2.25 bits per heavy atom. The average molecular weight is 326 g/mol. The molecule has 0 saturated carbocycles. The maximum absolute atomic E-state index is 12.4. The summed E-state index contributed by atoms with van der Waals surface area (Å²) in [6, 6.07) is 7.77. The van der Waals surface area contributed by atoms with Gasteiger partial charge in [-0.2, -0.15) is 0 Å². The standard InChI is InChI=1S/C19H26N4O/c1-12(2)16-7-6-8-17(13(3)4)18(16)23-19(24)21-11-15-9-10-20-14(5)22-15/h6-10,12-13H,11H2,1-5H3,(H2,21,23,24). The summed E-state index contributed by atoms with van der Waals surface area (Å²) in [5.41, 5.74) is 4.00. The second-order valence-corrected chi connectivity index (χ2v) is 6.52. The van der Waals surface area contributed by atoms with E-state index in [9.17, 15) is 4.79 Å². The molecule has 2 aromatic rings. The van der Waals surface area contributed by atoms with Crippen molar-refractivity contribution in [3.8, 4) is 0 Å². The van der Waals surface area contributed by atoms with Crippen molar-refractivity contribution in [2.45, 2.75) is 53.0 Å². The number of nitrogens with one attached hydrogen (secondary N) is 2. The molecular weight excluding hydrogens is 300 g/mol. The molecule has 0 fully saturated rings. The molecule has 0 bridgehead atoms. The lowest BCUT2D eigenvalue weighted by atomic mass is 9.93. The topological polar surface area (TPSA) is 66.9 Å². The lowest BCUT2D eigenvalue weighted by Gasteiger charge is -2.20. The second kappa shape index (κ2) is 7.90. The molecule has 5 nitrogen and oxygen atoms in total. The Labute approximate surface area is 143 Å². The van der Waals surface area contributed by atoms with Gasteiger partial charge >= 0.3 is 6.03 Å². The van der Waals surface area contributed by atoms with Crippen LogP contribution >= 0.6 is 0 Å². The minimum absolute atomic E-state index is 0.221. The summed E-state index contributed by atoms with van der Waals surface area (Å²) in [5.74, 6) is 1.37. The largest absolute Gasteiger partial charge is 0.332 e. The van der Waals surface area contributed by atoms with Crippen LogP contribution in [0.2, 0.25) is 0 Å². The van der Waals surface area contributed by atoms with E-state index in [1.54, 1.807) is 12.3 Å². The highest BCUT2D eigenvalue weighted by Crippen LogP contribution is 2.32. The Balaban J connectivity index is 2.13. The van der Waals surface area contributed by atoms with Gasteiger partial charge in [0, 0.05) is 11.9 Å². The van der Waals surface area contributed by atoms with Gasteiger partial charge in [-0.15, -0.1) is 0 Å². The molecule has 0 aliphatic carbocycles. The number of urea groups is 1. The van der Waals surface area contributed by atoms with E-state index in [1.165, 1.54) is 0 Å². The molecule has 2 amide bonds. The van der Waals surface area contributed by atoms with Crippen LogP contribution < -0.4 is 10.6 Å². The lowest BCUT2D eigenvalue weighted by molar-refractivity contribution is 0.251. The number of carbonyl (C=O) groups excluding carboxylic acids is 1. The molecule has 1 aromatic carbocycles. The Kier molecular flexibility index (Phi) is 5.90. The molecule has 24 heavy (non-hydrogen) atoms.